The van der Waals surface area contributed by atoms with E-state index in [-0.39, 0.29) is 5.91 Å². The third kappa shape index (κ3) is 3.80. The molecular formula is C16H24N2O. The number of hydrogen-bond acceptors (Lipinski definition) is 2. The molecule has 104 valence electrons. The summed E-state index contributed by atoms with van der Waals surface area (Å²) in [6.45, 7) is 5.23. The second-order valence-electron chi connectivity index (χ2n) is 5.49. The Bertz CT molecular complexity index is 404. The predicted octanol–water partition coefficient (Wildman–Crippen LogP) is 2.38. The van der Waals surface area contributed by atoms with Crippen LogP contribution in [0.1, 0.15) is 37.7 Å². The molecule has 0 aliphatic carbocycles. The fourth-order valence-corrected chi connectivity index (χ4v) is 3.13. The van der Waals surface area contributed by atoms with Crippen LogP contribution in [-0.4, -0.2) is 30.4 Å². The molecule has 19 heavy (non-hydrogen) atoms. The fraction of sp³-hybridized carbons (Fsp3) is 0.562. The summed E-state index contributed by atoms with van der Waals surface area (Å²) in [7, 11) is 0. The SMILES string of the molecule is CC[C@H]1CN(CCC(N)=O)CC[C@H]1c1ccccc1. The number of carbonyl (C=O) groups is 1. The molecule has 3 nitrogen and oxygen atoms in total. The zero-order valence-electron chi connectivity index (χ0n) is 11.7. The molecule has 0 unspecified atom stereocenters. The highest BCUT2D eigenvalue weighted by Crippen LogP contribution is 2.34. The maximum atomic E-state index is 10.9. The van der Waals surface area contributed by atoms with E-state index in [1.54, 1.807) is 0 Å². The van der Waals surface area contributed by atoms with Crippen LogP contribution in [0.3, 0.4) is 0 Å². The lowest BCUT2D eigenvalue weighted by Gasteiger charge is -2.38. The number of primary amides is 1. The fourth-order valence-electron chi connectivity index (χ4n) is 3.13. The number of carbonyl (C=O) groups excluding carboxylic acids is 1. The summed E-state index contributed by atoms with van der Waals surface area (Å²) in [5.41, 5.74) is 6.69. The molecule has 1 aromatic carbocycles. The lowest BCUT2D eigenvalue weighted by molar-refractivity contribution is -0.118. The van der Waals surface area contributed by atoms with Crippen molar-refractivity contribution >= 4 is 5.91 Å². The first-order chi connectivity index (χ1) is 9.20. The second-order valence-corrected chi connectivity index (χ2v) is 5.49. The quantitative estimate of drug-likeness (QED) is 0.883. The number of amides is 1. The van der Waals surface area contributed by atoms with Gasteiger partial charge in [-0.05, 0) is 30.4 Å². The average molecular weight is 260 g/mol. The van der Waals surface area contributed by atoms with E-state index in [2.05, 4.69) is 42.2 Å². The lowest BCUT2D eigenvalue weighted by Crippen LogP contribution is -2.40. The van der Waals surface area contributed by atoms with Gasteiger partial charge in [-0.25, -0.2) is 0 Å². The molecule has 1 aliphatic rings. The van der Waals surface area contributed by atoms with Crippen molar-refractivity contribution in [3.05, 3.63) is 35.9 Å². The first-order valence-corrected chi connectivity index (χ1v) is 7.26. The number of nitrogens with two attached hydrogens (primary N) is 1. The van der Waals surface area contributed by atoms with Crippen LogP contribution in [0, 0.1) is 5.92 Å². The van der Waals surface area contributed by atoms with E-state index in [0.717, 1.165) is 19.6 Å². The minimum absolute atomic E-state index is 0.196. The highest BCUT2D eigenvalue weighted by Gasteiger charge is 2.28. The molecule has 1 saturated heterocycles. The number of benzene rings is 1. The Morgan fingerprint density at radius 3 is 2.74 bits per heavy atom. The molecule has 1 aliphatic heterocycles. The van der Waals surface area contributed by atoms with Gasteiger partial charge in [-0.3, -0.25) is 4.79 Å². The van der Waals surface area contributed by atoms with Crippen molar-refractivity contribution in [3.8, 4) is 0 Å². The molecule has 0 spiro atoms. The summed E-state index contributed by atoms with van der Waals surface area (Å²) in [5, 5.41) is 0. The molecule has 1 amide bonds. The zero-order valence-corrected chi connectivity index (χ0v) is 11.7. The van der Waals surface area contributed by atoms with Gasteiger partial charge in [0.1, 0.15) is 0 Å². The maximum absolute atomic E-state index is 10.9. The van der Waals surface area contributed by atoms with Crippen molar-refractivity contribution in [1.29, 1.82) is 0 Å². The van der Waals surface area contributed by atoms with E-state index >= 15 is 0 Å². The summed E-state index contributed by atoms with van der Waals surface area (Å²) in [4.78, 5) is 13.3. The standard InChI is InChI=1S/C16H24N2O/c1-2-13-12-18(11-9-16(17)19)10-8-15(13)14-6-4-3-5-7-14/h3-7,13,15H,2,8-12H2,1H3,(H2,17,19)/t13-,15+/m0/s1. The Morgan fingerprint density at radius 1 is 1.37 bits per heavy atom. The number of rotatable bonds is 5. The van der Waals surface area contributed by atoms with Crippen LogP contribution in [0.2, 0.25) is 0 Å². The third-order valence-corrected chi connectivity index (χ3v) is 4.24. The molecule has 1 heterocycles. The van der Waals surface area contributed by atoms with Crippen LogP contribution in [0.5, 0.6) is 0 Å². The number of hydrogen-bond donors (Lipinski definition) is 1. The summed E-state index contributed by atoms with van der Waals surface area (Å²) >= 11 is 0. The van der Waals surface area contributed by atoms with Gasteiger partial charge in [-0.1, -0.05) is 43.7 Å². The topological polar surface area (TPSA) is 46.3 Å². The molecule has 1 aromatic rings. The predicted molar refractivity (Wildman–Crippen MR) is 77.8 cm³/mol. The van der Waals surface area contributed by atoms with Gasteiger partial charge >= 0.3 is 0 Å². The minimum Gasteiger partial charge on any atom is -0.370 e. The summed E-state index contributed by atoms with van der Waals surface area (Å²) in [6.07, 6.45) is 2.85. The van der Waals surface area contributed by atoms with Crippen LogP contribution < -0.4 is 5.73 Å². The minimum atomic E-state index is -0.196. The van der Waals surface area contributed by atoms with E-state index in [1.165, 1.54) is 18.4 Å². The highest BCUT2D eigenvalue weighted by molar-refractivity contribution is 5.73. The smallest absolute Gasteiger partial charge is 0.218 e. The van der Waals surface area contributed by atoms with Gasteiger partial charge in [0.25, 0.3) is 0 Å². The van der Waals surface area contributed by atoms with Crippen molar-refractivity contribution in [3.63, 3.8) is 0 Å². The van der Waals surface area contributed by atoms with Gasteiger partial charge in [0.2, 0.25) is 5.91 Å². The molecular weight excluding hydrogens is 236 g/mol. The van der Waals surface area contributed by atoms with Crippen molar-refractivity contribution in [2.24, 2.45) is 11.7 Å². The summed E-state index contributed by atoms with van der Waals surface area (Å²) in [6, 6.07) is 10.8. The Morgan fingerprint density at radius 2 is 2.11 bits per heavy atom. The second kappa shape index (κ2) is 6.71. The summed E-state index contributed by atoms with van der Waals surface area (Å²) < 4.78 is 0. The molecule has 3 heteroatoms. The van der Waals surface area contributed by atoms with Gasteiger partial charge in [0.05, 0.1) is 0 Å². The normalized spacial score (nSPS) is 24.3. The van der Waals surface area contributed by atoms with Gasteiger partial charge in [-0.15, -0.1) is 0 Å². The van der Waals surface area contributed by atoms with E-state index < -0.39 is 0 Å². The molecule has 1 fully saturated rings. The molecule has 2 N–H and O–H groups in total. The number of piperidine rings is 1. The summed E-state index contributed by atoms with van der Waals surface area (Å²) in [5.74, 6) is 1.15. The third-order valence-electron chi connectivity index (χ3n) is 4.24. The first-order valence-electron chi connectivity index (χ1n) is 7.26. The molecule has 0 aromatic heterocycles. The van der Waals surface area contributed by atoms with Crippen molar-refractivity contribution in [2.45, 2.75) is 32.1 Å². The van der Waals surface area contributed by atoms with Gasteiger partial charge in [0.15, 0.2) is 0 Å². The van der Waals surface area contributed by atoms with Crippen LogP contribution >= 0.6 is 0 Å². The maximum Gasteiger partial charge on any atom is 0.218 e. The van der Waals surface area contributed by atoms with Crippen LogP contribution in [0.4, 0.5) is 0 Å². The number of likely N-dealkylation sites (tertiary alicyclic amines) is 1. The van der Waals surface area contributed by atoms with E-state index in [9.17, 15) is 4.79 Å². The molecule has 0 bridgehead atoms. The average Bonchev–Trinajstić information content (AvgIpc) is 2.45. The van der Waals surface area contributed by atoms with Crippen LogP contribution in [-0.2, 0) is 4.79 Å². The van der Waals surface area contributed by atoms with Crippen molar-refractivity contribution in [2.75, 3.05) is 19.6 Å². The zero-order chi connectivity index (χ0) is 13.7. The lowest BCUT2D eigenvalue weighted by atomic mass is 9.79. The van der Waals surface area contributed by atoms with Gasteiger partial charge in [0, 0.05) is 19.5 Å². The molecule has 2 rings (SSSR count). The Labute approximate surface area is 115 Å². The Hall–Kier alpha value is -1.35. The van der Waals surface area contributed by atoms with Gasteiger partial charge in [-0.2, -0.15) is 0 Å². The molecule has 2 atom stereocenters. The largest absolute Gasteiger partial charge is 0.370 e. The van der Waals surface area contributed by atoms with Crippen molar-refractivity contribution < 1.29 is 4.79 Å². The first kappa shape index (κ1) is 14.1. The molecule has 0 saturated carbocycles. The van der Waals surface area contributed by atoms with E-state index in [0.29, 0.717) is 18.3 Å². The highest BCUT2D eigenvalue weighted by atomic mass is 16.1. The van der Waals surface area contributed by atoms with Crippen molar-refractivity contribution in [1.82, 2.24) is 4.90 Å². The molecule has 0 radical (unpaired) electrons. The monoisotopic (exact) mass is 260 g/mol. The number of nitrogens with zero attached hydrogens (tertiary/aromatic N) is 1. The van der Waals surface area contributed by atoms with Gasteiger partial charge < -0.3 is 10.6 Å². The Kier molecular flexibility index (Phi) is 4.97. The van der Waals surface area contributed by atoms with Crippen LogP contribution in [0.15, 0.2) is 30.3 Å². The Balaban J connectivity index is 1.97. The van der Waals surface area contributed by atoms with Crippen LogP contribution in [0.25, 0.3) is 0 Å². The van der Waals surface area contributed by atoms with E-state index in [1.807, 2.05) is 0 Å². The van der Waals surface area contributed by atoms with E-state index in [4.69, 9.17) is 5.73 Å².